The van der Waals surface area contributed by atoms with Gasteiger partial charge in [-0.3, -0.25) is 4.39 Å². The Labute approximate surface area is 227 Å². The fraction of sp³-hybridized carbons (Fsp3) is 0.531. The molecule has 0 radical (unpaired) electrons. The van der Waals surface area contributed by atoms with Crippen LogP contribution >= 0.6 is 12.4 Å². The van der Waals surface area contributed by atoms with E-state index in [1.165, 1.54) is 53.5 Å². The smallest absolute Gasteiger partial charge is 0.335 e. The summed E-state index contributed by atoms with van der Waals surface area (Å²) >= 11 is 0. The van der Waals surface area contributed by atoms with E-state index in [1.54, 1.807) is 11.6 Å². The quantitative estimate of drug-likeness (QED) is 0.385. The lowest BCUT2D eigenvalue weighted by Gasteiger charge is -2.39. The van der Waals surface area contributed by atoms with Crippen molar-refractivity contribution in [1.29, 1.82) is 0 Å². The van der Waals surface area contributed by atoms with E-state index in [0.717, 1.165) is 51.2 Å². The summed E-state index contributed by atoms with van der Waals surface area (Å²) in [6, 6.07) is 15.0. The number of aromatic carboxylic acids is 1. The Morgan fingerprint density at radius 2 is 1.84 bits per heavy atom. The van der Waals surface area contributed by atoms with Gasteiger partial charge in [0.05, 0.1) is 12.2 Å². The molecule has 1 saturated heterocycles. The average Bonchev–Trinajstić information content (AvgIpc) is 3.05. The van der Waals surface area contributed by atoms with E-state index in [2.05, 4.69) is 42.2 Å². The van der Waals surface area contributed by atoms with Crippen molar-refractivity contribution in [3.63, 3.8) is 0 Å². The standard InChI is InChI=1S/C32H40FNO2.ClH/c1-22-5-2-6-26(17-22)29-8-3-7-27-19-28(32(35)36)13-14-30(27)31(29)25-11-9-23(10-12-25)18-24-20-34(21-24)16-4-15-33;/h9-14,19,22,24,26H,2-8,15-18,20-21H2,1H3,(H,35,36);1H/t22-,26-;/m0./s1. The second-order valence-corrected chi connectivity index (χ2v) is 11.5. The first-order valence-corrected chi connectivity index (χ1v) is 14.0. The summed E-state index contributed by atoms with van der Waals surface area (Å²) < 4.78 is 12.4. The number of fused-ring (bicyclic) bond motifs is 1. The molecule has 2 aliphatic carbocycles. The number of hydrogen-bond acceptors (Lipinski definition) is 2. The number of carbonyl (C=O) groups is 1. The van der Waals surface area contributed by atoms with E-state index in [0.29, 0.717) is 23.8 Å². The van der Waals surface area contributed by atoms with Crippen LogP contribution < -0.4 is 0 Å². The number of benzene rings is 2. The van der Waals surface area contributed by atoms with Gasteiger partial charge < -0.3 is 10.0 Å². The molecule has 5 rings (SSSR count). The van der Waals surface area contributed by atoms with Crippen molar-refractivity contribution in [2.24, 2.45) is 17.8 Å². The molecule has 0 aromatic heterocycles. The minimum atomic E-state index is -0.850. The molecule has 0 amide bonds. The van der Waals surface area contributed by atoms with Crippen molar-refractivity contribution in [1.82, 2.24) is 4.90 Å². The number of rotatable bonds is 8. The third kappa shape index (κ3) is 6.46. The maximum Gasteiger partial charge on any atom is 0.335 e. The maximum atomic E-state index is 12.4. The molecule has 2 aromatic carbocycles. The number of carboxylic acids is 1. The third-order valence-corrected chi connectivity index (χ3v) is 8.67. The number of allylic oxidation sites excluding steroid dienone is 1. The first kappa shape index (κ1) is 27.9. The number of nitrogens with zero attached hydrogens (tertiary/aromatic N) is 1. The van der Waals surface area contributed by atoms with Crippen molar-refractivity contribution >= 4 is 23.9 Å². The topological polar surface area (TPSA) is 40.5 Å². The van der Waals surface area contributed by atoms with E-state index >= 15 is 0 Å². The van der Waals surface area contributed by atoms with E-state index < -0.39 is 5.97 Å². The van der Waals surface area contributed by atoms with Crippen molar-refractivity contribution in [3.05, 3.63) is 75.9 Å². The molecule has 3 nitrogen and oxygen atoms in total. The predicted octanol–water partition coefficient (Wildman–Crippen LogP) is 7.61. The molecule has 2 fully saturated rings. The molecule has 1 heterocycles. The fourth-order valence-electron chi connectivity index (χ4n) is 6.86. The molecule has 0 unspecified atom stereocenters. The number of carboxylic acid groups (broad SMARTS) is 1. The number of alkyl halides is 1. The van der Waals surface area contributed by atoms with Crippen LogP contribution in [-0.2, 0) is 12.8 Å². The minimum absolute atomic E-state index is 0. The molecule has 1 N–H and O–H groups in total. The lowest BCUT2D eigenvalue weighted by atomic mass is 9.74. The highest BCUT2D eigenvalue weighted by molar-refractivity contribution is 5.90. The van der Waals surface area contributed by atoms with Gasteiger partial charge in [-0.15, -0.1) is 12.4 Å². The molecule has 3 aliphatic rings. The van der Waals surface area contributed by atoms with Crippen LogP contribution in [0, 0.1) is 17.8 Å². The normalized spacial score (nSPS) is 22.5. The van der Waals surface area contributed by atoms with Crippen molar-refractivity contribution < 1.29 is 14.3 Å². The summed E-state index contributed by atoms with van der Waals surface area (Å²) in [6.07, 6.45) is 10.0. The summed E-state index contributed by atoms with van der Waals surface area (Å²) in [6.45, 7) is 5.21. The van der Waals surface area contributed by atoms with Crippen molar-refractivity contribution in [2.45, 2.75) is 64.7 Å². The highest BCUT2D eigenvalue weighted by Gasteiger charge is 2.29. The van der Waals surface area contributed by atoms with Crippen LogP contribution in [0.15, 0.2) is 48.0 Å². The Morgan fingerprint density at radius 1 is 1.05 bits per heavy atom. The van der Waals surface area contributed by atoms with Gasteiger partial charge in [0.25, 0.3) is 0 Å². The Morgan fingerprint density at radius 3 is 2.54 bits per heavy atom. The van der Waals surface area contributed by atoms with Gasteiger partial charge in [-0.05, 0) is 103 Å². The monoisotopic (exact) mass is 525 g/mol. The summed E-state index contributed by atoms with van der Waals surface area (Å²) in [4.78, 5) is 14.0. The van der Waals surface area contributed by atoms with Gasteiger partial charge in [0.15, 0.2) is 0 Å². The van der Waals surface area contributed by atoms with E-state index in [4.69, 9.17) is 0 Å². The lowest BCUT2D eigenvalue weighted by molar-refractivity contribution is 0.0696. The van der Waals surface area contributed by atoms with Gasteiger partial charge in [-0.1, -0.05) is 55.7 Å². The summed E-state index contributed by atoms with van der Waals surface area (Å²) in [5, 5.41) is 9.58. The maximum absolute atomic E-state index is 12.4. The molecule has 2 atom stereocenters. The predicted molar refractivity (Wildman–Crippen MR) is 151 cm³/mol. The van der Waals surface area contributed by atoms with Crippen LogP contribution in [0.25, 0.3) is 5.57 Å². The number of halogens is 2. The molecular weight excluding hydrogens is 485 g/mol. The van der Waals surface area contributed by atoms with Gasteiger partial charge in [-0.2, -0.15) is 0 Å². The van der Waals surface area contributed by atoms with Gasteiger partial charge in [0.1, 0.15) is 0 Å². The van der Waals surface area contributed by atoms with Crippen LogP contribution in [-0.4, -0.2) is 42.3 Å². The van der Waals surface area contributed by atoms with Crippen molar-refractivity contribution in [3.8, 4) is 0 Å². The second kappa shape index (κ2) is 12.6. The molecule has 5 heteroatoms. The molecule has 1 aliphatic heterocycles. The van der Waals surface area contributed by atoms with Crippen LogP contribution in [0.4, 0.5) is 4.39 Å². The average molecular weight is 526 g/mol. The number of hydrogen-bond donors (Lipinski definition) is 1. The summed E-state index contributed by atoms with van der Waals surface area (Å²) in [7, 11) is 0. The third-order valence-electron chi connectivity index (χ3n) is 8.67. The van der Waals surface area contributed by atoms with Gasteiger partial charge in [0, 0.05) is 19.6 Å². The largest absolute Gasteiger partial charge is 0.478 e. The van der Waals surface area contributed by atoms with Crippen LogP contribution in [0.1, 0.15) is 84.5 Å². The molecule has 0 bridgehead atoms. The first-order valence-electron chi connectivity index (χ1n) is 14.0. The van der Waals surface area contributed by atoms with E-state index in [1.807, 2.05) is 6.07 Å². The van der Waals surface area contributed by atoms with Crippen LogP contribution in [0.2, 0.25) is 0 Å². The molecule has 2 aromatic rings. The summed E-state index contributed by atoms with van der Waals surface area (Å²) in [5.74, 6) is 1.21. The van der Waals surface area contributed by atoms with Gasteiger partial charge in [-0.25, -0.2) is 4.79 Å². The Hall–Kier alpha value is -2.17. The first-order chi connectivity index (χ1) is 17.5. The zero-order valence-electron chi connectivity index (χ0n) is 22.1. The highest BCUT2D eigenvalue weighted by atomic mass is 35.5. The zero-order valence-corrected chi connectivity index (χ0v) is 22.9. The molecule has 37 heavy (non-hydrogen) atoms. The number of aryl methyl sites for hydroxylation is 1. The van der Waals surface area contributed by atoms with E-state index in [9.17, 15) is 14.3 Å². The highest BCUT2D eigenvalue weighted by Crippen LogP contribution is 2.44. The van der Waals surface area contributed by atoms with Crippen LogP contribution in [0.5, 0.6) is 0 Å². The SMILES string of the molecule is C[C@H]1CCC[C@H](C2=C(c3ccc(CC4CN(CCCF)C4)cc3)c3ccc(C(=O)O)cc3CCC2)C1.Cl. The lowest BCUT2D eigenvalue weighted by Crippen LogP contribution is -2.47. The van der Waals surface area contributed by atoms with Crippen molar-refractivity contribution in [2.75, 3.05) is 26.3 Å². The second-order valence-electron chi connectivity index (χ2n) is 11.5. The van der Waals surface area contributed by atoms with Crippen LogP contribution in [0.3, 0.4) is 0 Å². The zero-order chi connectivity index (χ0) is 25.1. The number of likely N-dealkylation sites (tertiary alicyclic amines) is 1. The molecule has 1 saturated carbocycles. The Bertz CT molecular complexity index is 1110. The fourth-order valence-corrected chi connectivity index (χ4v) is 6.86. The summed E-state index contributed by atoms with van der Waals surface area (Å²) in [5.41, 5.74) is 8.41. The molecular formula is C32H41ClFNO2. The van der Waals surface area contributed by atoms with E-state index in [-0.39, 0.29) is 19.1 Å². The molecule has 0 spiro atoms. The minimum Gasteiger partial charge on any atom is -0.478 e. The van der Waals surface area contributed by atoms with Gasteiger partial charge >= 0.3 is 5.97 Å². The Kier molecular flexibility index (Phi) is 9.47. The molecule has 200 valence electrons. The Balaban J connectivity index is 0.00000320. The van der Waals surface area contributed by atoms with Gasteiger partial charge in [0.2, 0.25) is 0 Å².